The number of halogens is 1. The van der Waals surface area contributed by atoms with Crippen molar-refractivity contribution in [3.63, 3.8) is 0 Å². The number of hydrogen-bond donors (Lipinski definition) is 1. The van der Waals surface area contributed by atoms with Crippen LogP contribution in [0.1, 0.15) is 0 Å². The molecule has 4 heteroatoms. The van der Waals surface area contributed by atoms with Gasteiger partial charge in [0.05, 0.1) is 11.7 Å². The highest BCUT2D eigenvalue weighted by Crippen LogP contribution is 2.17. The Kier molecular flexibility index (Phi) is 1.26. The largest absolute Gasteiger partial charge is 0.323 e. The van der Waals surface area contributed by atoms with Crippen LogP contribution in [0.4, 0.5) is 0 Å². The predicted octanol–water partition coefficient (Wildman–Crippen LogP) is 1.40. The maximum atomic E-state index is 5.75. The molecule has 1 aromatic carbocycles. The lowest BCUT2D eigenvalue weighted by Gasteiger charge is -1.92. The van der Waals surface area contributed by atoms with Crippen molar-refractivity contribution < 1.29 is 0 Å². The fourth-order valence-corrected chi connectivity index (χ4v) is 1.20. The topological polar surface area (TPSA) is 43.8 Å². The van der Waals surface area contributed by atoms with E-state index in [1.54, 1.807) is 12.3 Å². The summed E-state index contributed by atoms with van der Waals surface area (Å²) in [6.45, 7) is 0. The van der Waals surface area contributed by atoms with E-state index >= 15 is 0 Å². The third-order valence-corrected chi connectivity index (χ3v) is 1.79. The van der Waals surface area contributed by atoms with Gasteiger partial charge in [-0.3, -0.25) is 0 Å². The lowest BCUT2D eigenvalue weighted by molar-refractivity contribution is 0.863. The van der Waals surface area contributed by atoms with Crippen LogP contribution in [0.3, 0.4) is 0 Å². The second kappa shape index (κ2) is 2.13. The van der Waals surface area contributed by atoms with E-state index in [4.69, 9.17) is 17.4 Å². The van der Waals surface area contributed by atoms with Crippen LogP contribution in [0, 0.1) is 0 Å². The summed E-state index contributed by atoms with van der Waals surface area (Å²) in [4.78, 5) is 1.33. The van der Waals surface area contributed by atoms with Crippen LogP contribution in [0.15, 0.2) is 24.4 Å². The zero-order valence-electron chi connectivity index (χ0n) is 5.66. The first-order valence-corrected chi connectivity index (χ1v) is 3.53. The molecule has 2 rings (SSSR count). The van der Waals surface area contributed by atoms with Gasteiger partial charge in [0.1, 0.15) is 0 Å². The van der Waals surface area contributed by atoms with Gasteiger partial charge in [0, 0.05) is 10.4 Å². The standard InChI is InChI=1S/C7H6ClN3/c8-6-1-2-7-5(3-6)4-10-11(7)9/h1-4H,9H2. The van der Waals surface area contributed by atoms with E-state index in [9.17, 15) is 0 Å². The van der Waals surface area contributed by atoms with Crippen molar-refractivity contribution in [1.29, 1.82) is 0 Å². The maximum absolute atomic E-state index is 5.75. The minimum Gasteiger partial charge on any atom is -0.323 e. The average molecular weight is 168 g/mol. The summed E-state index contributed by atoms with van der Waals surface area (Å²) in [5, 5.41) is 5.53. The molecule has 0 atom stereocenters. The normalized spacial score (nSPS) is 10.6. The molecule has 0 unspecified atom stereocenters. The van der Waals surface area contributed by atoms with Gasteiger partial charge in [0.2, 0.25) is 0 Å². The third kappa shape index (κ3) is 0.935. The Morgan fingerprint density at radius 3 is 3.09 bits per heavy atom. The summed E-state index contributed by atoms with van der Waals surface area (Å²) in [6.07, 6.45) is 1.68. The number of aromatic nitrogens is 2. The Bertz CT molecular complexity index is 393. The Hall–Kier alpha value is -1.22. The molecule has 0 radical (unpaired) electrons. The van der Waals surface area contributed by atoms with Crippen LogP contribution in [0.2, 0.25) is 5.02 Å². The quantitative estimate of drug-likeness (QED) is 0.603. The molecule has 0 amide bonds. The highest BCUT2D eigenvalue weighted by atomic mass is 35.5. The van der Waals surface area contributed by atoms with Crippen molar-refractivity contribution in [1.82, 2.24) is 9.89 Å². The smallest absolute Gasteiger partial charge is 0.0917 e. The fraction of sp³-hybridized carbons (Fsp3) is 0. The summed E-state index contributed by atoms with van der Waals surface area (Å²) < 4.78 is 0. The number of fused-ring (bicyclic) bond motifs is 1. The summed E-state index contributed by atoms with van der Waals surface area (Å²) in [7, 11) is 0. The van der Waals surface area contributed by atoms with E-state index in [0.29, 0.717) is 5.02 Å². The van der Waals surface area contributed by atoms with Crippen LogP contribution >= 0.6 is 11.6 Å². The lowest BCUT2D eigenvalue weighted by Crippen LogP contribution is -2.08. The van der Waals surface area contributed by atoms with Crippen LogP contribution in [-0.2, 0) is 0 Å². The van der Waals surface area contributed by atoms with Gasteiger partial charge in [-0.1, -0.05) is 11.6 Å². The van der Waals surface area contributed by atoms with Gasteiger partial charge in [-0.05, 0) is 18.2 Å². The van der Waals surface area contributed by atoms with Gasteiger partial charge in [-0.25, -0.2) is 0 Å². The van der Waals surface area contributed by atoms with Crippen molar-refractivity contribution in [2.75, 3.05) is 5.84 Å². The molecule has 0 aliphatic heterocycles. The first-order chi connectivity index (χ1) is 5.27. The molecule has 1 aromatic heterocycles. The highest BCUT2D eigenvalue weighted by molar-refractivity contribution is 6.31. The molecule has 0 saturated heterocycles. The SMILES string of the molecule is Nn1ncc2cc(Cl)ccc21. The van der Waals surface area contributed by atoms with Gasteiger partial charge in [0.25, 0.3) is 0 Å². The Labute approximate surface area is 68.3 Å². The molecule has 0 saturated carbocycles. The molecule has 2 N–H and O–H groups in total. The van der Waals surface area contributed by atoms with Gasteiger partial charge < -0.3 is 5.84 Å². The number of nitrogen functional groups attached to an aromatic ring is 1. The number of rotatable bonds is 0. The number of nitrogens with zero attached hydrogens (tertiary/aromatic N) is 2. The van der Waals surface area contributed by atoms with E-state index in [1.807, 2.05) is 12.1 Å². The Morgan fingerprint density at radius 2 is 2.27 bits per heavy atom. The number of nitrogens with two attached hydrogens (primary N) is 1. The molecule has 3 nitrogen and oxygen atoms in total. The fourth-order valence-electron chi connectivity index (χ4n) is 1.02. The summed E-state index contributed by atoms with van der Waals surface area (Å²) in [5.74, 6) is 5.49. The zero-order valence-corrected chi connectivity index (χ0v) is 6.42. The molecular weight excluding hydrogens is 162 g/mol. The van der Waals surface area contributed by atoms with Gasteiger partial charge in [-0.15, -0.1) is 0 Å². The minimum absolute atomic E-state index is 0.700. The zero-order chi connectivity index (χ0) is 7.84. The molecule has 2 aromatic rings. The van der Waals surface area contributed by atoms with Crippen LogP contribution in [-0.4, -0.2) is 9.89 Å². The number of hydrogen-bond acceptors (Lipinski definition) is 2. The molecule has 0 bridgehead atoms. The van der Waals surface area contributed by atoms with Crippen molar-refractivity contribution in [3.05, 3.63) is 29.4 Å². The minimum atomic E-state index is 0.700. The Morgan fingerprint density at radius 1 is 1.45 bits per heavy atom. The van der Waals surface area contributed by atoms with Crippen molar-refractivity contribution in [2.24, 2.45) is 0 Å². The number of benzene rings is 1. The van der Waals surface area contributed by atoms with Gasteiger partial charge in [-0.2, -0.15) is 9.89 Å². The molecule has 1 heterocycles. The van der Waals surface area contributed by atoms with Crippen molar-refractivity contribution >= 4 is 22.5 Å². The first kappa shape index (κ1) is 6.49. The van der Waals surface area contributed by atoms with Crippen LogP contribution < -0.4 is 5.84 Å². The molecule has 56 valence electrons. The first-order valence-electron chi connectivity index (χ1n) is 3.16. The molecule has 0 spiro atoms. The lowest BCUT2D eigenvalue weighted by atomic mass is 10.3. The average Bonchev–Trinajstić information content (AvgIpc) is 2.32. The molecule has 0 aliphatic carbocycles. The summed E-state index contributed by atoms with van der Waals surface area (Å²) in [5.41, 5.74) is 0.884. The molecular formula is C7H6ClN3. The molecule has 11 heavy (non-hydrogen) atoms. The predicted molar refractivity (Wildman–Crippen MR) is 44.9 cm³/mol. The van der Waals surface area contributed by atoms with Gasteiger partial charge >= 0.3 is 0 Å². The van der Waals surface area contributed by atoms with Crippen molar-refractivity contribution in [2.45, 2.75) is 0 Å². The maximum Gasteiger partial charge on any atom is 0.0917 e. The van der Waals surface area contributed by atoms with E-state index in [-0.39, 0.29) is 0 Å². The van der Waals surface area contributed by atoms with E-state index in [2.05, 4.69) is 5.10 Å². The van der Waals surface area contributed by atoms with E-state index in [1.165, 1.54) is 4.79 Å². The van der Waals surface area contributed by atoms with Crippen LogP contribution in [0.25, 0.3) is 10.9 Å². The van der Waals surface area contributed by atoms with E-state index in [0.717, 1.165) is 10.9 Å². The second-order valence-electron chi connectivity index (χ2n) is 2.29. The van der Waals surface area contributed by atoms with Crippen LogP contribution in [0.5, 0.6) is 0 Å². The van der Waals surface area contributed by atoms with Crippen molar-refractivity contribution in [3.8, 4) is 0 Å². The monoisotopic (exact) mass is 167 g/mol. The summed E-state index contributed by atoms with van der Waals surface area (Å²) >= 11 is 5.75. The van der Waals surface area contributed by atoms with Gasteiger partial charge in [0.15, 0.2) is 0 Å². The third-order valence-electron chi connectivity index (χ3n) is 1.56. The second-order valence-corrected chi connectivity index (χ2v) is 2.73. The highest BCUT2D eigenvalue weighted by Gasteiger charge is 1.98. The van der Waals surface area contributed by atoms with E-state index < -0.39 is 0 Å². The Balaban J connectivity index is 2.86. The molecule has 0 fully saturated rings. The summed E-state index contributed by atoms with van der Waals surface area (Å²) in [6, 6.07) is 5.45. The molecule has 0 aliphatic rings.